The summed E-state index contributed by atoms with van der Waals surface area (Å²) in [4.78, 5) is 5.00. The molecule has 0 bridgehead atoms. The zero-order valence-electron chi connectivity index (χ0n) is 13.8. The van der Waals surface area contributed by atoms with E-state index in [0.29, 0.717) is 5.92 Å². The van der Waals surface area contributed by atoms with Crippen molar-refractivity contribution in [3.05, 3.63) is 70.7 Å². The summed E-state index contributed by atoms with van der Waals surface area (Å²) in [6.07, 6.45) is 1.15. The summed E-state index contributed by atoms with van der Waals surface area (Å²) in [6.45, 7) is 5.86. The van der Waals surface area contributed by atoms with Crippen molar-refractivity contribution < 1.29 is 0 Å². The molecule has 1 fully saturated rings. The summed E-state index contributed by atoms with van der Waals surface area (Å²) >= 11 is 6.06. The van der Waals surface area contributed by atoms with E-state index in [1.54, 1.807) is 0 Å². The zero-order valence-corrected chi connectivity index (χ0v) is 14.5. The third kappa shape index (κ3) is 4.57. The lowest BCUT2D eigenvalue weighted by Gasteiger charge is -2.33. The fraction of sp³-hybridized carbons (Fsp3) is 0.400. The van der Waals surface area contributed by atoms with Crippen molar-refractivity contribution in [2.24, 2.45) is 0 Å². The van der Waals surface area contributed by atoms with Crippen LogP contribution in [0.15, 0.2) is 54.6 Å². The summed E-state index contributed by atoms with van der Waals surface area (Å²) in [5.41, 5.74) is 2.75. The minimum atomic E-state index is 0.438. The Hall–Kier alpha value is -1.35. The van der Waals surface area contributed by atoms with Crippen LogP contribution in [0.1, 0.15) is 23.5 Å². The quantitative estimate of drug-likeness (QED) is 0.815. The van der Waals surface area contributed by atoms with Gasteiger partial charge in [0.15, 0.2) is 0 Å². The number of halogens is 1. The van der Waals surface area contributed by atoms with Gasteiger partial charge in [0.1, 0.15) is 0 Å². The maximum atomic E-state index is 6.06. The lowest BCUT2D eigenvalue weighted by atomic mass is 9.88. The molecule has 1 aliphatic rings. The maximum Gasteiger partial charge on any atom is 0.0406 e. The third-order valence-corrected chi connectivity index (χ3v) is 5.06. The highest BCUT2D eigenvalue weighted by atomic mass is 35.5. The molecule has 0 aromatic heterocycles. The van der Waals surface area contributed by atoms with Crippen LogP contribution in [0.2, 0.25) is 5.02 Å². The number of hydrogen-bond donors (Lipinski definition) is 0. The van der Waals surface area contributed by atoms with E-state index in [1.165, 1.54) is 37.3 Å². The highest BCUT2D eigenvalue weighted by Gasteiger charge is 2.18. The normalized spacial score (nSPS) is 18.0. The average Bonchev–Trinajstić information content (AvgIpc) is 2.59. The van der Waals surface area contributed by atoms with Gasteiger partial charge in [-0.3, -0.25) is 0 Å². The van der Waals surface area contributed by atoms with Crippen LogP contribution in [-0.4, -0.2) is 49.6 Å². The van der Waals surface area contributed by atoms with Gasteiger partial charge < -0.3 is 9.80 Å². The van der Waals surface area contributed by atoms with Crippen LogP contribution < -0.4 is 0 Å². The molecule has 1 saturated heterocycles. The molecule has 0 amide bonds. The first-order valence-corrected chi connectivity index (χ1v) is 8.81. The van der Waals surface area contributed by atoms with Gasteiger partial charge in [-0.05, 0) is 43.3 Å². The lowest BCUT2D eigenvalue weighted by molar-refractivity contribution is 0.151. The molecular formula is C20H25ClN2. The molecule has 3 rings (SSSR count). The summed E-state index contributed by atoms with van der Waals surface area (Å²) in [6, 6.07) is 19.2. The van der Waals surface area contributed by atoms with Gasteiger partial charge in [-0.25, -0.2) is 0 Å². The first-order valence-electron chi connectivity index (χ1n) is 8.43. The Morgan fingerprint density at radius 3 is 2.13 bits per heavy atom. The number of nitrogens with zero attached hydrogens (tertiary/aromatic N) is 2. The molecule has 122 valence electrons. The van der Waals surface area contributed by atoms with Crippen LogP contribution in [0.5, 0.6) is 0 Å². The van der Waals surface area contributed by atoms with Crippen molar-refractivity contribution in [1.82, 2.24) is 9.80 Å². The van der Waals surface area contributed by atoms with Crippen molar-refractivity contribution >= 4 is 11.6 Å². The molecule has 0 saturated carbocycles. The van der Waals surface area contributed by atoms with Gasteiger partial charge in [-0.1, -0.05) is 54.1 Å². The summed E-state index contributed by atoms with van der Waals surface area (Å²) in [5.74, 6) is 0.438. The summed E-state index contributed by atoms with van der Waals surface area (Å²) < 4.78 is 0. The molecule has 0 N–H and O–H groups in total. The van der Waals surface area contributed by atoms with Crippen molar-refractivity contribution in [2.45, 2.75) is 12.3 Å². The van der Waals surface area contributed by atoms with Crippen molar-refractivity contribution in [2.75, 3.05) is 39.8 Å². The van der Waals surface area contributed by atoms with Crippen LogP contribution in [0.3, 0.4) is 0 Å². The first-order chi connectivity index (χ1) is 11.2. The second kappa shape index (κ2) is 7.96. The fourth-order valence-corrected chi connectivity index (χ4v) is 3.42. The van der Waals surface area contributed by atoms with Gasteiger partial charge >= 0.3 is 0 Å². The minimum Gasteiger partial charge on any atom is -0.304 e. The van der Waals surface area contributed by atoms with E-state index in [4.69, 9.17) is 11.6 Å². The molecule has 23 heavy (non-hydrogen) atoms. The lowest BCUT2D eigenvalue weighted by Crippen LogP contribution is -2.44. The van der Waals surface area contributed by atoms with E-state index in [-0.39, 0.29) is 0 Å². The van der Waals surface area contributed by atoms with Crippen molar-refractivity contribution in [3.8, 4) is 0 Å². The van der Waals surface area contributed by atoms with E-state index in [0.717, 1.165) is 18.0 Å². The Bertz CT molecular complexity index is 589. The smallest absolute Gasteiger partial charge is 0.0406 e. The van der Waals surface area contributed by atoms with Crippen LogP contribution in [0.25, 0.3) is 0 Å². The number of rotatable bonds is 5. The monoisotopic (exact) mass is 328 g/mol. The standard InChI is InChI=1S/C20H25ClN2/c1-22-13-15-23(16-14-22)12-11-20(17-5-3-2-4-6-17)18-7-9-19(21)10-8-18/h2-10,20H,11-16H2,1H3. The molecule has 0 aliphatic carbocycles. The molecule has 0 spiro atoms. The Labute approximate surface area is 144 Å². The molecule has 1 heterocycles. The first kappa shape index (κ1) is 16.5. The van der Waals surface area contributed by atoms with Gasteiger partial charge in [0, 0.05) is 37.1 Å². The number of likely N-dealkylation sites (N-methyl/N-ethyl adjacent to an activating group) is 1. The topological polar surface area (TPSA) is 6.48 Å². The largest absolute Gasteiger partial charge is 0.304 e. The highest BCUT2D eigenvalue weighted by molar-refractivity contribution is 6.30. The van der Waals surface area contributed by atoms with Gasteiger partial charge in [0.2, 0.25) is 0 Å². The summed E-state index contributed by atoms with van der Waals surface area (Å²) in [5, 5.41) is 0.805. The van der Waals surface area contributed by atoms with Gasteiger partial charge in [0.25, 0.3) is 0 Å². The maximum absolute atomic E-state index is 6.06. The zero-order chi connectivity index (χ0) is 16.1. The minimum absolute atomic E-state index is 0.438. The number of piperazine rings is 1. The van der Waals surface area contributed by atoms with Crippen LogP contribution in [0.4, 0.5) is 0 Å². The molecule has 2 nitrogen and oxygen atoms in total. The number of benzene rings is 2. The predicted molar refractivity (Wildman–Crippen MR) is 98.3 cm³/mol. The Morgan fingerprint density at radius 2 is 1.48 bits per heavy atom. The fourth-order valence-electron chi connectivity index (χ4n) is 3.29. The van der Waals surface area contributed by atoms with Gasteiger partial charge in [0.05, 0.1) is 0 Å². The molecular weight excluding hydrogens is 304 g/mol. The molecule has 2 aromatic carbocycles. The SMILES string of the molecule is CN1CCN(CCC(c2ccccc2)c2ccc(Cl)cc2)CC1. The molecule has 1 atom stereocenters. The van der Waals surface area contributed by atoms with Crippen molar-refractivity contribution in [3.63, 3.8) is 0 Å². The molecule has 0 radical (unpaired) electrons. The summed E-state index contributed by atoms with van der Waals surface area (Å²) in [7, 11) is 2.21. The van der Waals surface area contributed by atoms with E-state index < -0.39 is 0 Å². The average molecular weight is 329 g/mol. The predicted octanol–water partition coefficient (Wildman–Crippen LogP) is 4.11. The second-order valence-electron chi connectivity index (χ2n) is 6.45. The molecule has 2 aromatic rings. The highest BCUT2D eigenvalue weighted by Crippen LogP contribution is 2.29. The Balaban J connectivity index is 1.72. The van der Waals surface area contributed by atoms with E-state index in [2.05, 4.69) is 59.3 Å². The van der Waals surface area contributed by atoms with E-state index in [1.807, 2.05) is 12.1 Å². The van der Waals surface area contributed by atoms with Gasteiger partial charge in [-0.2, -0.15) is 0 Å². The Morgan fingerprint density at radius 1 is 0.870 bits per heavy atom. The molecule has 1 aliphatic heterocycles. The van der Waals surface area contributed by atoms with Crippen LogP contribution in [-0.2, 0) is 0 Å². The van der Waals surface area contributed by atoms with Gasteiger partial charge in [-0.15, -0.1) is 0 Å². The van der Waals surface area contributed by atoms with Crippen molar-refractivity contribution in [1.29, 1.82) is 0 Å². The van der Waals surface area contributed by atoms with Crippen LogP contribution in [0, 0.1) is 0 Å². The third-order valence-electron chi connectivity index (χ3n) is 4.80. The van der Waals surface area contributed by atoms with Crippen LogP contribution >= 0.6 is 11.6 Å². The second-order valence-corrected chi connectivity index (χ2v) is 6.88. The Kier molecular flexibility index (Phi) is 5.71. The van der Waals surface area contributed by atoms with E-state index in [9.17, 15) is 0 Å². The number of hydrogen-bond acceptors (Lipinski definition) is 2. The molecule has 1 unspecified atom stereocenters. The molecule has 3 heteroatoms. The van der Waals surface area contributed by atoms with E-state index >= 15 is 0 Å².